The van der Waals surface area contributed by atoms with Crippen molar-refractivity contribution < 1.29 is 0 Å². The summed E-state index contributed by atoms with van der Waals surface area (Å²) in [5, 5.41) is 4.18. The maximum Gasteiger partial charge on any atom is 0.0270 e. The SMILES string of the molecule is C=CC1=CC(/C=C/C=C/c2cccs2)C(C=C)C=C1/C=C/C=C/c1cccs1. The van der Waals surface area contributed by atoms with E-state index in [1.807, 2.05) is 12.2 Å². The lowest BCUT2D eigenvalue weighted by Crippen LogP contribution is -2.11. The minimum atomic E-state index is 0.274. The molecule has 2 heterocycles. The van der Waals surface area contributed by atoms with Gasteiger partial charge in [-0.1, -0.05) is 79.5 Å². The fourth-order valence-electron chi connectivity index (χ4n) is 3.00. The van der Waals surface area contributed by atoms with Gasteiger partial charge in [-0.15, -0.1) is 29.3 Å². The zero-order valence-electron chi connectivity index (χ0n) is 15.8. The summed E-state index contributed by atoms with van der Waals surface area (Å²) in [6.07, 6.45) is 25.5. The lowest BCUT2D eigenvalue weighted by atomic mass is 9.81. The quantitative estimate of drug-likeness (QED) is 0.310. The van der Waals surface area contributed by atoms with Gasteiger partial charge in [0.05, 0.1) is 0 Å². The first-order valence-corrected chi connectivity index (χ1v) is 11.0. The average molecular weight is 401 g/mol. The second-order valence-electron chi connectivity index (χ2n) is 6.33. The van der Waals surface area contributed by atoms with E-state index < -0.39 is 0 Å². The molecule has 0 nitrogen and oxygen atoms in total. The van der Waals surface area contributed by atoms with E-state index in [0.29, 0.717) is 0 Å². The third-order valence-electron chi connectivity index (χ3n) is 4.45. The van der Waals surface area contributed by atoms with Crippen molar-refractivity contribution in [3.63, 3.8) is 0 Å². The maximum absolute atomic E-state index is 4.03. The molecule has 0 fully saturated rings. The Labute approximate surface area is 176 Å². The van der Waals surface area contributed by atoms with Crippen LogP contribution in [0.1, 0.15) is 9.75 Å². The van der Waals surface area contributed by atoms with E-state index in [0.717, 1.165) is 5.57 Å². The zero-order chi connectivity index (χ0) is 19.6. The Kier molecular flexibility index (Phi) is 7.60. The van der Waals surface area contributed by atoms with Gasteiger partial charge in [0.25, 0.3) is 0 Å². The normalized spacial score (nSPS) is 20.3. The Hall–Kier alpha value is -2.68. The highest BCUT2D eigenvalue weighted by Crippen LogP contribution is 2.31. The molecule has 0 N–H and O–H groups in total. The number of rotatable bonds is 8. The molecule has 1 aliphatic rings. The highest BCUT2D eigenvalue weighted by atomic mass is 32.1. The molecule has 2 atom stereocenters. The van der Waals surface area contributed by atoms with Gasteiger partial charge in [-0.3, -0.25) is 0 Å². The molecular formula is C26H24S2. The van der Waals surface area contributed by atoms with Gasteiger partial charge in [-0.05, 0) is 46.2 Å². The third kappa shape index (κ3) is 5.66. The zero-order valence-corrected chi connectivity index (χ0v) is 17.4. The van der Waals surface area contributed by atoms with Gasteiger partial charge in [0.1, 0.15) is 0 Å². The molecule has 2 heteroatoms. The first kappa shape index (κ1) is 20.1. The molecule has 3 rings (SSSR count). The summed E-state index contributed by atoms with van der Waals surface area (Å²) < 4.78 is 0. The van der Waals surface area contributed by atoms with Crippen LogP contribution in [0.15, 0.2) is 120 Å². The van der Waals surface area contributed by atoms with Crippen LogP contribution in [0.3, 0.4) is 0 Å². The van der Waals surface area contributed by atoms with Crippen LogP contribution in [0, 0.1) is 11.8 Å². The van der Waals surface area contributed by atoms with E-state index in [1.54, 1.807) is 22.7 Å². The summed E-state index contributed by atoms with van der Waals surface area (Å²) >= 11 is 3.48. The van der Waals surface area contributed by atoms with Gasteiger partial charge < -0.3 is 0 Å². The summed E-state index contributed by atoms with van der Waals surface area (Å²) in [5.74, 6) is 0.563. The highest BCUT2D eigenvalue weighted by Gasteiger charge is 2.18. The average Bonchev–Trinajstić information content (AvgIpc) is 3.42. The van der Waals surface area contributed by atoms with Crippen molar-refractivity contribution in [2.24, 2.45) is 11.8 Å². The fraction of sp³-hybridized carbons (Fsp3) is 0.0769. The molecule has 2 aromatic rings. The predicted molar refractivity (Wildman–Crippen MR) is 129 cm³/mol. The van der Waals surface area contributed by atoms with Crippen molar-refractivity contribution in [2.75, 3.05) is 0 Å². The molecule has 1 aliphatic carbocycles. The molecule has 140 valence electrons. The molecule has 0 radical (unpaired) electrons. The first-order valence-electron chi connectivity index (χ1n) is 9.26. The molecule has 2 aromatic heterocycles. The summed E-state index contributed by atoms with van der Waals surface area (Å²) in [4.78, 5) is 2.52. The van der Waals surface area contributed by atoms with Crippen molar-refractivity contribution in [2.45, 2.75) is 0 Å². The van der Waals surface area contributed by atoms with E-state index in [1.165, 1.54) is 15.3 Å². The van der Waals surface area contributed by atoms with Gasteiger partial charge in [0, 0.05) is 21.6 Å². The Morgan fingerprint density at radius 3 is 1.89 bits per heavy atom. The molecule has 0 amide bonds. The van der Waals surface area contributed by atoms with Crippen LogP contribution in [0.25, 0.3) is 12.2 Å². The summed E-state index contributed by atoms with van der Waals surface area (Å²) in [7, 11) is 0. The van der Waals surface area contributed by atoms with Crippen LogP contribution in [0.4, 0.5) is 0 Å². The van der Waals surface area contributed by atoms with Gasteiger partial charge >= 0.3 is 0 Å². The van der Waals surface area contributed by atoms with Crippen LogP contribution < -0.4 is 0 Å². The molecule has 0 aromatic carbocycles. The molecule has 28 heavy (non-hydrogen) atoms. The second kappa shape index (κ2) is 10.6. The minimum Gasteiger partial charge on any atom is -0.144 e. The number of allylic oxidation sites excluding steroid dienone is 12. The number of hydrogen-bond donors (Lipinski definition) is 0. The number of thiophene rings is 2. The van der Waals surface area contributed by atoms with E-state index in [4.69, 9.17) is 0 Å². The van der Waals surface area contributed by atoms with E-state index in [-0.39, 0.29) is 11.8 Å². The highest BCUT2D eigenvalue weighted by molar-refractivity contribution is 7.11. The van der Waals surface area contributed by atoms with Crippen molar-refractivity contribution in [1.82, 2.24) is 0 Å². The van der Waals surface area contributed by atoms with Crippen molar-refractivity contribution in [1.29, 1.82) is 0 Å². The molecular weight excluding hydrogens is 376 g/mol. The largest absolute Gasteiger partial charge is 0.144 e. The van der Waals surface area contributed by atoms with Crippen molar-refractivity contribution in [3.8, 4) is 0 Å². The van der Waals surface area contributed by atoms with Crippen LogP contribution in [-0.4, -0.2) is 0 Å². The Morgan fingerprint density at radius 1 is 0.714 bits per heavy atom. The van der Waals surface area contributed by atoms with Gasteiger partial charge in [-0.2, -0.15) is 0 Å². The Morgan fingerprint density at radius 2 is 1.32 bits per heavy atom. The van der Waals surface area contributed by atoms with E-state index in [9.17, 15) is 0 Å². The van der Waals surface area contributed by atoms with Crippen LogP contribution in [-0.2, 0) is 0 Å². The van der Waals surface area contributed by atoms with Crippen LogP contribution >= 0.6 is 22.7 Å². The maximum atomic E-state index is 4.03. The van der Waals surface area contributed by atoms with E-state index >= 15 is 0 Å². The first-order chi connectivity index (χ1) is 13.8. The second-order valence-corrected chi connectivity index (χ2v) is 8.29. The summed E-state index contributed by atoms with van der Waals surface area (Å²) in [6.45, 7) is 8.03. The lowest BCUT2D eigenvalue weighted by Gasteiger charge is -2.23. The summed E-state index contributed by atoms with van der Waals surface area (Å²) in [6, 6.07) is 8.36. The topological polar surface area (TPSA) is 0 Å². The summed E-state index contributed by atoms with van der Waals surface area (Å²) in [5.41, 5.74) is 2.35. The third-order valence-corrected chi connectivity index (χ3v) is 6.13. The molecule has 2 unspecified atom stereocenters. The van der Waals surface area contributed by atoms with Gasteiger partial charge in [0.2, 0.25) is 0 Å². The molecule has 0 saturated carbocycles. The molecule has 0 spiro atoms. The molecule has 0 saturated heterocycles. The van der Waals surface area contributed by atoms with Crippen LogP contribution in [0.5, 0.6) is 0 Å². The van der Waals surface area contributed by atoms with E-state index in [2.05, 4.69) is 109 Å². The smallest absolute Gasteiger partial charge is 0.0270 e. The van der Waals surface area contributed by atoms with Gasteiger partial charge in [-0.25, -0.2) is 0 Å². The fourth-order valence-corrected chi connectivity index (χ4v) is 4.26. The minimum absolute atomic E-state index is 0.274. The number of hydrogen-bond acceptors (Lipinski definition) is 2. The Balaban J connectivity index is 1.69. The molecule has 0 bridgehead atoms. The van der Waals surface area contributed by atoms with Gasteiger partial charge in [0.15, 0.2) is 0 Å². The lowest BCUT2D eigenvalue weighted by molar-refractivity contribution is 0.661. The standard InChI is InChI=1S/C26H24S2/c1-3-21-19-24(12-6-8-14-26-16-10-18-28-26)22(4-2)20-23(21)11-5-7-13-25-15-9-17-27-25/h3-21,23H,1-2H2/b11-5+,12-6+,13-7+,14-8+. The monoisotopic (exact) mass is 400 g/mol. The molecule has 0 aliphatic heterocycles. The Bertz CT molecular complexity index is 942. The van der Waals surface area contributed by atoms with Crippen molar-refractivity contribution in [3.05, 3.63) is 130 Å². The van der Waals surface area contributed by atoms with Crippen LogP contribution in [0.2, 0.25) is 0 Å². The van der Waals surface area contributed by atoms with Crippen molar-refractivity contribution >= 4 is 34.8 Å². The predicted octanol–water partition coefficient (Wildman–Crippen LogP) is 8.12.